The smallest absolute Gasteiger partial charge is 1.00 e. The molecule has 0 radical (unpaired) electrons. The average molecular weight is 133 g/mol. The Morgan fingerprint density at radius 2 is 1.17 bits per heavy atom. The average Bonchev–Trinajstić information content (AvgIpc) is 0.722. The molecule has 0 spiro atoms. The molecule has 0 amide bonds. The van der Waals surface area contributed by atoms with Crippen LogP contribution in [0.15, 0.2) is 0 Å². The Hall–Kier alpha value is 2.07. The van der Waals surface area contributed by atoms with Gasteiger partial charge in [-0.15, -0.1) is 0 Å². The summed E-state index contributed by atoms with van der Waals surface area (Å²) in [6.07, 6.45) is 6.00. The third-order valence-electron chi connectivity index (χ3n) is 1.000. The minimum atomic E-state index is 0. The molecule has 1 aliphatic rings. The maximum absolute atomic E-state index is 1.50. The second kappa shape index (κ2) is 7.07. The van der Waals surface area contributed by atoms with Crippen molar-refractivity contribution in [3.8, 4) is 0 Å². The molecular weight excluding hydrogens is 118 g/mol. The van der Waals surface area contributed by atoms with E-state index in [0.29, 0.717) is 0 Å². The Morgan fingerprint density at radius 3 is 1.17 bits per heavy atom. The second-order valence-corrected chi connectivity index (χ2v) is 1.41. The van der Waals surface area contributed by atoms with E-state index in [-0.39, 0.29) is 64.1 Å². The second-order valence-electron chi connectivity index (χ2n) is 1.41. The van der Waals surface area contributed by atoms with Crippen LogP contribution in [0.1, 0.15) is 28.5 Å². The van der Waals surface area contributed by atoms with Crippen LogP contribution >= 0.6 is 9.90 Å². The van der Waals surface area contributed by atoms with Crippen molar-refractivity contribution in [2.24, 2.45) is 0 Å². The van der Waals surface area contributed by atoms with Gasteiger partial charge in [0, 0.05) is 0 Å². The van der Waals surface area contributed by atoms with Crippen LogP contribution in [0.25, 0.3) is 0 Å². The predicted octanol–water partition coefficient (Wildman–Crippen LogP) is -1.15. The first-order valence-electron chi connectivity index (χ1n) is 2.00. The summed E-state index contributed by atoms with van der Waals surface area (Å²) >= 11 is 0. The maximum Gasteiger partial charge on any atom is 1.00 e. The van der Waals surface area contributed by atoms with Gasteiger partial charge in [0.25, 0.3) is 0 Å². The van der Waals surface area contributed by atoms with Crippen molar-refractivity contribution in [3.05, 3.63) is 0 Å². The molecule has 0 aliphatic heterocycles. The summed E-state index contributed by atoms with van der Waals surface area (Å²) in [5.74, 6) is 0. The first-order valence-corrected chi connectivity index (χ1v) is 2.00. The molecule has 0 aromatic carbocycles. The largest absolute Gasteiger partial charge is 1.00 e. The van der Waals surface area contributed by atoms with E-state index in [1.54, 1.807) is 0 Å². The zero-order chi connectivity index (χ0) is 2.83. The van der Waals surface area contributed by atoms with Gasteiger partial charge in [-0.05, 0) is 0 Å². The van der Waals surface area contributed by atoms with Crippen molar-refractivity contribution in [1.29, 1.82) is 0 Å². The molecule has 0 aromatic heterocycles. The minimum Gasteiger partial charge on any atom is -1.00 e. The van der Waals surface area contributed by atoms with E-state index in [9.17, 15) is 0 Å². The Kier molecular flexibility index (Phi) is 12.9. The monoisotopic (exact) mass is 133 g/mol. The van der Waals surface area contributed by atoms with Gasteiger partial charge in [-0.3, -0.25) is 0 Å². The van der Waals surface area contributed by atoms with Gasteiger partial charge in [-0.1, -0.05) is 25.7 Å². The molecular formula is C4H13KP+. The number of hydrogen-bond donors (Lipinski definition) is 0. The fraction of sp³-hybridized carbons (Fsp3) is 1.00. The van der Waals surface area contributed by atoms with Crippen molar-refractivity contribution in [3.63, 3.8) is 0 Å². The van der Waals surface area contributed by atoms with Crippen LogP contribution < -0.4 is 51.4 Å². The van der Waals surface area contributed by atoms with Crippen molar-refractivity contribution in [2.45, 2.75) is 25.7 Å². The Bertz CT molecular complexity index is 22.0. The van der Waals surface area contributed by atoms with Gasteiger partial charge < -0.3 is 1.43 Å². The zero-order valence-electron chi connectivity index (χ0n) is 6.54. The van der Waals surface area contributed by atoms with E-state index in [0.717, 1.165) is 0 Å². The molecule has 1 rings (SSSR count). The maximum atomic E-state index is 1.50. The van der Waals surface area contributed by atoms with Crippen molar-refractivity contribution >= 4 is 9.90 Å². The Morgan fingerprint density at radius 1 is 1.00 bits per heavy atom. The van der Waals surface area contributed by atoms with Crippen molar-refractivity contribution in [1.82, 2.24) is 0 Å². The molecule has 0 nitrogen and oxygen atoms in total. The molecule has 34 valence electrons. The Labute approximate surface area is 88.5 Å². The van der Waals surface area contributed by atoms with Crippen LogP contribution in [0.3, 0.4) is 0 Å². The molecule has 1 fully saturated rings. The van der Waals surface area contributed by atoms with E-state index in [2.05, 4.69) is 0 Å². The van der Waals surface area contributed by atoms with Gasteiger partial charge in [0.05, 0.1) is 0 Å². The first-order chi connectivity index (χ1) is 2.00. The summed E-state index contributed by atoms with van der Waals surface area (Å²) in [4.78, 5) is 0. The normalized spacial score (nSPS) is 16.0. The van der Waals surface area contributed by atoms with E-state index in [4.69, 9.17) is 0 Å². The quantitative estimate of drug-likeness (QED) is 0.289. The van der Waals surface area contributed by atoms with Gasteiger partial charge >= 0.3 is 52.8 Å². The van der Waals surface area contributed by atoms with Crippen molar-refractivity contribution in [2.75, 3.05) is 0 Å². The van der Waals surface area contributed by atoms with Gasteiger partial charge in [-0.2, -0.15) is 9.90 Å². The molecule has 2 heteroatoms. The van der Waals surface area contributed by atoms with Crippen LogP contribution in [-0.4, -0.2) is 0 Å². The predicted molar refractivity (Wildman–Crippen MR) is 31.8 cm³/mol. The molecule has 6 heavy (non-hydrogen) atoms. The molecule has 0 bridgehead atoms. The van der Waals surface area contributed by atoms with Gasteiger partial charge in [0.2, 0.25) is 0 Å². The van der Waals surface area contributed by atoms with Crippen molar-refractivity contribution < 1.29 is 54.2 Å². The summed E-state index contributed by atoms with van der Waals surface area (Å²) in [7, 11) is 0. The standard InChI is InChI=1S/C4H8.K.H3P.H/c1-2-4-3-1;;;/h1-4H2;;1H3;/q;+1;;-1/p+1/i/hT. The first kappa shape index (κ1) is 10.9. The van der Waals surface area contributed by atoms with Crippen LogP contribution in [0.2, 0.25) is 0 Å². The van der Waals surface area contributed by atoms with E-state index in [1.165, 1.54) is 25.7 Å². The molecule has 1 aliphatic carbocycles. The summed E-state index contributed by atoms with van der Waals surface area (Å²) in [5, 5.41) is 0. The topological polar surface area (TPSA) is 0 Å². The Balaban J connectivity index is -0.0000000200. The molecule has 1 atom stereocenters. The van der Waals surface area contributed by atoms with Crippen LogP contribution in [-0.2, 0) is 0 Å². The van der Waals surface area contributed by atoms with Gasteiger partial charge in [-0.25, -0.2) is 0 Å². The molecule has 0 N–H and O–H groups in total. The van der Waals surface area contributed by atoms with Crippen LogP contribution in [0.5, 0.6) is 0 Å². The molecule has 1 saturated carbocycles. The fourth-order valence-corrected chi connectivity index (χ4v) is 0.250. The SMILES string of the molecule is C1CCC1.P.[3H+].[H-].[K+]. The molecule has 1 unspecified atom stereocenters. The number of rotatable bonds is 0. The van der Waals surface area contributed by atoms with Gasteiger partial charge in [0.1, 0.15) is 0 Å². The van der Waals surface area contributed by atoms with Crippen LogP contribution in [0, 0.1) is 0 Å². The van der Waals surface area contributed by atoms with E-state index in [1.807, 2.05) is 0 Å². The zero-order valence-corrected chi connectivity index (χ0v) is 9.07. The third-order valence-corrected chi connectivity index (χ3v) is 1.000. The fourth-order valence-electron chi connectivity index (χ4n) is 0.250. The molecule has 0 heterocycles. The molecule has 0 aromatic rings. The summed E-state index contributed by atoms with van der Waals surface area (Å²) < 4.78 is 0. The minimum absolute atomic E-state index is 0. The summed E-state index contributed by atoms with van der Waals surface area (Å²) in [6.45, 7) is 0. The summed E-state index contributed by atoms with van der Waals surface area (Å²) in [6, 6.07) is 0. The summed E-state index contributed by atoms with van der Waals surface area (Å²) in [5.41, 5.74) is 0. The van der Waals surface area contributed by atoms with Gasteiger partial charge in [0.15, 0.2) is 0 Å². The molecule has 0 saturated heterocycles. The third kappa shape index (κ3) is 4.23. The van der Waals surface area contributed by atoms with Crippen LogP contribution in [0.4, 0.5) is 0 Å². The van der Waals surface area contributed by atoms with E-state index < -0.39 is 0 Å². The van der Waals surface area contributed by atoms with E-state index >= 15 is 0 Å². The number of hydrogen-bond acceptors (Lipinski definition) is 0.